The standard InChI is InChI=1S/C49H65ClN10O8S/c1-32(51-2)45(62)56-42(33-10-6-5-7-11-33)48(64)60-17-9-14-40(60)46-54-39(31-69-46)43(61)34-12-8-13-36(28-34)68-27-26-67-25-24-66-23-22-58-18-20-59(21-19-58)47(63)35-15-16-38(41(29-35)65-4)55-49-53-30-37(50)44(52-3)57-49/h8,12-13,15-16,28-33,40,42,51H,5-7,9-11,14,17-27H2,1-4H3,(H,56,62)(H2,52,53,55,57)/t32-,40?,42-/m0/s1. The minimum Gasteiger partial charge on any atom is -0.495 e. The summed E-state index contributed by atoms with van der Waals surface area (Å²) in [5.41, 5.74) is 1.94. The highest BCUT2D eigenvalue weighted by Crippen LogP contribution is 2.37. The summed E-state index contributed by atoms with van der Waals surface area (Å²) < 4.78 is 23.1. The van der Waals surface area contributed by atoms with E-state index in [1.807, 2.05) is 9.80 Å². The third kappa shape index (κ3) is 13.7. The number of amides is 3. The van der Waals surface area contributed by atoms with Crippen LogP contribution >= 0.6 is 22.9 Å². The van der Waals surface area contributed by atoms with Crippen molar-refractivity contribution in [3.8, 4) is 11.5 Å². The zero-order chi connectivity index (χ0) is 48.7. The maximum absolute atomic E-state index is 14.2. The van der Waals surface area contributed by atoms with Crippen LogP contribution in [0.1, 0.15) is 89.3 Å². The summed E-state index contributed by atoms with van der Waals surface area (Å²) in [6.07, 6.45) is 8.16. The number of carbonyl (C=O) groups is 4. The second-order valence-corrected chi connectivity index (χ2v) is 18.7. The predicted molar refractivity (Wildman–Crippen MR) is 265 cm³/mol. The third-order valence-corrected chi connectivity index (χ3v) is 14.2. The van der Waals surface area contributed by atoms with Gasteiger partial charge in [0.1, 0.15) is 45.7 Å². The molecule has 2 aromatic carbocycles. The second-order valence-electron chi connectivity index (χ2n) is 17.4. The van der Waals surface area contributed by atoms with E-state index >= 15 is 0 Å². The number of rotatable bonds is 23. The first-order chi connectivity index (χ1) is 33.6. The van der Waals surface area contributed by atoms with Crippen LogP contribution in [0.5, 0.6) is 11.5 Å². The highest BCUT2D eigenvalue weighted by atomic mass is 35.5. The first kappa shape index (κ1) is 51.4. The molecule has 0 spiro atoms. The van der Waals surface area contributed by atoms with Gasteiger partial charge in [0.05, 0.1) is 57.5 Å². The Morgan fingerprint density at radius 1 is 0.870 bits per heavy atom. The summed E-state index contributed by atoms with van der Waals surface area (Å²) >= 11 is 7.51. The molecule has 4 N–H and O–H groups in total. The predicted octanol–water partition coefficient (Wildman–Crippen LogP) is 5.82. The molecule has 7 rings (SSSR count). The summed E-state index contributed by atoms with van der Waals surface area (Å²) in [6, 6.07) is 11.1. The number of likely N-dealkylation sites (tertiary alicyclic amines) is 1. The number of piperazine rings is 1. The molecule has 2 aliphatic heterocycles. The summed E-state index contributed by atoms with van der Waals surface area (Å²) in [5, 5.41) is 15.0. The first-order valence-corrected chi connectivity index (χ1v) is 25.2. The van der Waals surface area contributed by atoms with Crippen molar-refractivity contribution < 1.29 is 38.1 Å². The van der Waals surface area contributed by atoms with Gasteiger partial charge in [0, 0.05) is 62.8 Å². The van der Waals surface area contributed by atoms with Crippen LogP contribution in [-0.4, -0.2) is 159 Å². The fourth-order valence-corrected chi connectivity index (χ4v) is 10.0. The van der Waals surface area contributed by atoms with Crippen molar-refractivity contribution in [2.75, 3.05) is 104 Å². The fourth-order valence-electron chi connectivity index (χ4n) is 8.89. The zero-order valence-electron chi connectivity index (χ0n) is 40.0. The van der Waals surface area contributed by atoms with Crippen LogP contribution in [0.25, 0.3) is 0 Å². The molecule has 18 nitrogen and oxygen atoms in total. The van der Waals surface area contributed by atoms with E-state index in [9.17, 15) is 19.2 Å². The number of nitrogens with zero attached hydrogens (tertiary/aromatic N) is 6. The number of likely N-dealkylation sites (N-methyl/N-ethyl adjacent to an activating group) is 1. The van der Waals surface area contributed by atoms with E-state index in [1.54, 1.807) is 76.0 Å². The average molecular weight is 990 g/mol. The molecule has 1 unspecified atom stereocenters. The number of benzene rings is 2. The van der Waals surface area contributed by atoms with E-state index in [2.05, 4.69) is 36.1 Å². The minimum absolute atomic E-state index is 0.0595. The highest BCUT2D eigenvalue weighted by Gasteiger charge is 2.40. The number of carbonyl (C=O) groups excluding carboxylic acids is 4. The molecular formula is C49H65ClN10O8S. The average Bonchev–Trinajstić information content (AvgIpc) is 4.09. The molecule has 0 radical (unpaired) electrons. The van der Waals surface area contributed by atoms with E-state index in [1.165, 1.54) is 17.5 Å². The van der Waals surface area contributed by atoms with Gasteiger partial charge in [-0.05, 0) is 75.9 Å². The molecule has 3 aliphatic rings. The molecule has 3 atom stereocenters. The van der Waals surface area contributed by atoms with Crippen molar-refractivity contribution in [2.45, 2.75) is 70.0 Å². The normalized spacial score (nSPS) is 17.6. The number of aromatic nitrogens is 3. The summed E-state index contributed by atoms with van der Waals surface area (Å²) in [7, 11) is 5.01. The number of halogens is 1. The Hall–Kier alpha value is -5.44. The van der Waals surface area contributed by atoms with Crippen molar-refractivity contribution in [1.82, 2.24) is 40.3 Å². The lowest BCUT2D eigenvalue weighted by molar-refractivity contribution is -0.139. The van der Waals surface area contributed by atoms with Crippen molar-refractivity contribution in [2.24, 2.45) is 5.92 Å². The first-order valence-electron chi connectivity index (χ1n) is 23.9. The molecule has 2 saturated heterocycles. The molecule has 3 fully saturated rings. The third-order valence-electron chi connectivity index (χ3n) is 12.9. The van der Waals surface area contributed by atoms with Crippen LogP contribution in [-0.2, 0) is 19.1 Å². The molecule has 20 heteroatoms. The van der Waals surface area contributed by atoms with Crippen LogP contribution in [0.3, 0.4) is 0 Å². The van der Waals surface area contributed by atoms with E-state index in [-0.39, 0.29) is 35.5 Å². The van der Waals surface area contributed by atoms with Crippen LogP contribution in [0, 0.1) is 5.92 Å². The van der Waals surface area contributed by atoms with Crippen molar-refractivity contribution >= 4 is 63.9 Å². The summed E-state index contributed by atoms with van der Waals surface area (Å²) in [4.78, 5) is 73.6. The van der Waals surface area contributed by atoms with Gasteiger partial charge in [0.25, 0.3) is 5.91 Å². The zero-order valence-corrected chi connectivity index (χ0v) is 41.5. The number of methoxy groups -OCH3 is 1. The number of hydrogen-bond acceptors (Lipinski definition) is 16. The highest BCUT2D eigenvalue weighted by molar-refractivity contribution is 7.10. The van der Waals surface area contributed by atoms with Crippen molar-refractivity contribution in [1.29, 1.82) is 0 Å². The van der Waals surface area contributed by atoms with E-state index < -0.39 is 12.1 Å². The number of ether oxygens (including phenoxy) is 4. The molecule has 2 aromatic heterocycles. The Labute approximate surface area is 413 Å². The monoisotopic (exact) mass is 988 g/mol. The summed E-state index contributed by atoms with van der Waals surface area (Å²) in [5.74, 6) is 1.45. The Morgan fingerprint density at radius 2 is 1.64 bits per heavy atom. The van der Waals surface area contributed by atoms with Gasteiger partial charge in [-0.2, -0.15) is 4.98 Å². The maximum atomic E-state index is 14.2. The lowest BCUT2D eigenvalue weighted by Crippen LogP contribution is -2.55. The van der Waals surface area contributed by atoms with Crippen LogP contribution in [0.15, 0.2) is 54.0 Å². The molecule has 3 amide bonds. The Bertz CT molecular complexity index is 2360. The largest absolute Gasteiger partial charge is 0.495 e. The molecule has 4 aromatic rings. The van der Waals surface area contributed by atoms with Crippen LogP contribution < -0.4 is 30.7 Å². The number of nitrogens with one attached hydrogen (secondary N) is 4. The lowest BCUT2D eigenvalue weighted by Gasteiger charge is -2.35. The SMILES string of the molecule is CNc1nc(Nc2ccc(C(=O)N3CCN(CCOCCOCCOc4cccc(C(=O)c5csc(C6CCCN6C(=O)[C@@H](NC(=O)[C@H](C)NC)C6CCCCC6)n5)c4)CC3)cc2OC)ncc1Cl. The van der Waals surface area contributed by atoms with Gasteiger partial charge in [-0.15, -0.1) is 11.3 Å². The smallest absolute Gasteiger partial charge is 0.254 e. The second kappa shape index (κ2) is 25.4. The van der Waals surface area contributed by atoms with Crippen LogP contribution in [0.2, 0.25) is 5.02 Å². The summed E-state index contributed by atoms with van der Waals surface area (Å²) in [6.45, 7) is 7.84. The number of anilines is 3. The molecule has 1 saturated carbocycles. The maximum Gasteiger partial charge on any atom is 0.254 e. The van der Waals surface area contributed by atoms with Gasteiger partial charge in [0.15, 0.2) is 0 Å². The fraction of sp³-hybridized carbons (Fsp3) is 0.531. The Kier molecular flexibility index (Phi) is 18.9. The molecule has 0 bridgehead atoms. The molecule has 69 heavy (non-hydrogen) atoms. The van der Waals surface area contributed by atoms with Gasteiger partial charge in [-0.1, -0.05) is 43.0 Å². The molecule has 372 valence electrons. The number of hydrogen-bond donors (Lipinski definition) is 4. The van der Waals surface area contributed by atoms with E-state index in [4.69, 9.17) is 35.5 Å². The molecular weight excluding hydrogens is 924 g/mol. The number of ketones is 1. The minimum atomic E-state index is -0.582. The van der Waals surface area contributed by atoms with E-state index in [0.717, 1.165) is 69.6 Å². The van der Waals surface area contributed by atoms with Gasteiger partial charge in [-0.25, -0.2) is 9.97 Å². The van der Waals surface area contributed by atoms with Gasteiger partial charge >= 0.3 is 0 Å². The topological polar surface area (TPSA) is 202 Å². The molecule has 4 heterocycles. The Balaban J connectivity index is 0.784. The van der Waals surface area contributed by atoms with Gasteiger partial charge in [0.2, 0.25) is 23.5 Å². The van der Waals surface area contributed by atoms with Crippen LogP contribution in [0.4, 0.5) is 17.5 Å². The van der Waals surface area contributed by atoms with Crippen molar-refractivity contribution in [3.05, 3.63) is 80.9 Å². The molecule has 1 aliphatic carbocycles. The quantitative estimate of drug-likeness (QED) is 0.0512. The Morgan fingerprint density at radius 3 is 2.39 bits per heavy atom. The van der Waals surface area contributed by atoms with E-state index in [0.29, 0.717) is 103 Å². The van der Waals surface area contributed by atoms with Gasteiger partial charge < -0.3 is 50.0 Å². The number of thiazole rings is 1. The van der Waals surface area contributed by atoms with Crippen molar-refractivity contribution in [3.63, 3.8) is 0 Å². The van der Waals surface area contributed by atoms with Gasteiger partial charge in [-0.3, -0.25) is 24.1 Å². The lowest BCUT2D eigenvalue weighted by atomic mass is 9.83.